The molecule has 0 spiro atoms. The highest BCUT2D eigenvalue weighted by Gasteiger charge is 2.57. The Morgan fingerprint density at radius 1 is 1.03 bits per heavy atom. The maximum atomic E-state index is 10.3. The van der Waals surface area contributed by atoms with Gasteiger partial charge in [-0.2, -0.15) is 5.10 Å². The Balaban J connectivity index is 1.33. The summed E-state index contributed by atoms with van der Waals surface area (Å²) >= 11 is 0. The number of hydrogen-bond acceptors (Lipinski definition) is 3. The Bertz CT molecular complexity index is 1150. The molecule has 4 aliphatic rings. The SMILES string of the molecule is CCNCc1cn(-c2ccccc2)nc1C1=CC[C@H]2[C@@H]3CC=C4C[C@@H](O)CC[C@]4(C)[C@H]3CC[C@]12C. The van der Waals surface area contributed by atoms with E-state index < -0.39 is 0 Å². The van der Waals surface area contributed by atoms with E-state index in [1.54, 1.807) is 5.57 Å². The lowest BCUT2D eigenvalue weighted by atomic mass is 9.47. The first-order valence-corrected chi connectivity index (χ1v) is 13.9. The van der Waals surface area contributed by atoms with Crippen molar-refractivity contribution in [3.05, 3.63) is 65.5 Å². The summed E-state index contributed by atoms with van der Waals surface area (Å²) in [7, 11) is 0. The van der Waals surface area contributed by atoms with Crippen LogP contribution in [0.25, 0.3) is 11.3 Å². The maximum Gasteiger partial charge on any atom is 0.0934 e. The minimum atomic E-state index is -0.130. The van der Waals surface area contributed by atoms with E-state index in [9.17, 15) is 5.11 Å². The van der Waals surface area contributed by atoms with E-state index in [4.69, 9.17) is 5.10 Å². The molecule has 0 radical (unpaired) electrons. The third-order valence-electron chi connectivity index (χ3n) is 10.3. The van der Waals surface area contributed by atoms with Gasteiger partial charge in [0.1, 0.15) is 0 Å². The fourth-order valence-electron chi connectivity index (χ4n) is 8.31. The molecule has 0 aliphatic heterocycles. The van der Waals surface area contributed by atoms with Gasteiger partial charge >= 0.3 is 0 Å². The molecule has 1 aromatic heterocycles. The molecular formula is C31H41N3O. The molecule has 1 aromatic carbocycles. The summed E-state index contributed by atoms with van der Waals surface area (Å²) in [5.74, 6) is 2.18. The summed E-state index contributed by atoms with van der Waals surface area (Å²) in [6, 6.07) is 10.5. The zero-order valence-electron chi connectivity index (χ0n) is 21.6. The number of nitrogens with one attached hydrogen (secondary N) is 1. The normalized spacial score (nSPS) is 36.1. The fraction of sp³-hybridized carbons (Fsp3) is 0.581. The van der Waals surface area contributed by atoms with E-state index in [0.29, 0.717) is 5.92 Å². The first kappa shape index (κ1) is 23.2. The fourth-order valence-corrected chi connectivity index (χ4v) is 8.31. The molecular weight excluding hydrogens is 430 g/mol. The average Bonchev–Trinajstić information content (AvgIpc) is 3.44. The summed E-state index contributed by atoms with van der Waals surface area (Å²) < 4.78 is 2.08. The molecule has 2 aromatic rings. The van der Waals surface area contributed by atoms with Gasteiger partial charge in [-0.3, -0.25) is 0 Å². The predicted octanol–water partition coefficient (Wildman–Crippen LogP) is 6.30. The van der Waals surface area contributed by atoms with Crippen molar-refractivity contribution < 1.29 is 5.11 Å². The number of hydrogen-bond donors (Lipinski definition) is 2. The smallest absolute Gasteiger partial charge is 0.0934 e. The van der Waals surface area contributed by atoms with Gasteiger partial charge in [-0.25, -0.2) is 4.68 Å². The number of rotatable bonds is 5. The molecule has 0 amide bonds. The lowest BCUT2D eigenvalue weighted by Crippen LogP contribution is -2.49. The topological polar surface area (TPSA) is 50.1 Å². The van der Waals surface area contributed by atoms with Gasteiger partial charge < -0.3 is 10.4 Å². The van der Waals surface area contributed by atoms with Crippen LogP contribution in [0.5, 0.6) is 0 Å². The van der Waals surface area contributed by atoms with Crippen molar-refractivity contribution in [3.8, 4) is 5.69 Å². The standard InChI is InChI=1S/C31H41N3O/c1-4-32-19-21-20-34(23-8-6-5-7-9-23)33-29(21)28-13-12-26-25-11-10-22-18-24(35)14-16-30(22,2)27(25)15-17-31(26,28)3/h5-10,13,20,24-27,32,35H,4,11-12,14-19H2,1-3H3/t24-,25-,26-,27-,30-,31-/m0/s1. The van der Waals surface area contributed by atoms with Crippen LogP contribution in [0.1, 0.15) is 77.0 Å². The van der Waals surface area contributed by atoms with E-state index in [0.717, 1.165) is 49.9 Å². The molecule has 0 unspecified atom stereocenters. The Morgan fingerprint density at radius 2 is 1.83 bits per heavy atom. The van der Waals surface area contributed by atoms with Gasteiger partial charge in [0.25, 0.3) is 0 Å². The second-order valence-electron chi connectivity index (χ2n) is 12.0. The number of fused-ring (bicyclic) bond motifs is 5. The van der Waals surface area contributed by atoms with Crippen LogP contribution in [0.2, 0.25) is 0 Å². The highest BCUT2D eigenvalue weighted by molar-refractivity contribution is 5.73. The molecule has 0 bridgehead atoms. The highest BCUT2D eigenvalue weighted by atomic mass is 16.3. The maximum absolute atomic E-state index is 10.3. The van der Waals surface area contributed by atoms with Crippen molar-refractivity contribution in [1.29, 1.82) is 0 Å². The van der Waals surface area contributed by atoms with Crippen LogP contribution in [-0.4, -0.2) is 27.5 Å². The number of nitrogens with zero attached hydrogens (tertiary/aromatic N) is 2. The van der Waals surface area contributed by atoms with Crippen LogP contribution in [0.15, 0.2) is 54.3 Å². The van der Waals surface area contributed by atoms with Crippen molar-refractivity contribution in [1.82, 2.24) is 15.1 Å². The van der Waals surface area contributed by atoms with Gasteiger partial charge in [0.15, 0.2) is 0 Å². The highest BCUT2D eigenvalue weighted by Crippen LogP contribution is 2.66. The van der Waals surface area contributed by atoms with Crippen molar-refractivity contribution in [2.75, 3.05) is 6.54 Å². The Kier molecular flexibility index (Phi) is 5.80. The lowest BCUT2D eigenvalue weighted by Gasteiger charge is -2.57. The lowest BCUT2D eigenvalue weighted by molar-refractivity contribution is -0.0238. The zero-order valence-corrected chi connectivity index (χ0v) is 21.6. The number of aliphatic hydroxyl groups excluding tert-OH is 1. The third-order valence-corrected chi connectivity index (χ3v) is 10.3. The Labute approximate surface area is 210 Å². The Morgan fingerprint density at radius 3 is 2.63 bits per heavy atom. The largest absolute Gasteiger partial charge is 0.393 e. The van der Waals surface area contributed by atoms with E-state index in [1.165, 1.54) is 42.5 Å². The number of aliphatic hydroxyl groups is 1. The molecule has 2 saturated carbocycles. The van der Waals surface area contributed by atoms with E-state index in [-0.39, 0.29) is 16.9 Å². The van der Waals surface area contributed by atoms with Gasteiger partial charge in [0, 0.05) is 18.3 Å². The van der Waals surface area contributed by atoms with Gasteiger partial charge in [-0.1, -0.05) is 56.7 Å². The van der Waals surface area contributed by atoms with Crippen LogP contribution in [-0.2, 0) is 6.54 Å². The van der Waals surface area contributed by atoms with Crippen LogP contribution in [0.3, 0.4) is 0 Å². The summed E-state index contributed by atoms with van der Waals surface area (Å²) in [5, 5.41) is 19.1. The number of benzene rings is 1. The molecule has 0 saturated heterocycles. The quantitative estimate of drug-likeness (QED) is 0.503. The van der Waals surface area contributed by atoms with Crippen LogP contribution in [0, 0.1) is 28.6 Å². The summed E-state index contributed by atoms with van der Waals surface area (Å²) in [6.45, 7) is 9.04. The van der Waals surface area contributed by atoms with Gasteiger partial charge in [-0.15, -0.1) is 0 Å². The van der Waals surface area contributed by atoms with Gasteiger partial charge in [-0.05, 0) is 97.8 Å². The molecule has 1 heterocycles. The second kappa shape index (κ2) is 8.74. The summed E-state index contributed by atoms with van der Waals surface area (Å²) in [4.78, 5) is 0. The average molecular weight is 472 g/mol. The molecule has 186 valence electrons. The number of para-hydroxylation sites is 1. The van der Waals surface area contributed by atoms with Crippen LogP contribution >= 0.6 is 0 Å². The third kappa shape index (κ3) is 3.67. The molecule has 4 aliphatic carbocycles. The van der Waals surface area contributed by atoms with E-state index >= 15 is 0 Å². The van der Waals surface area contributed by atoms with Gasteiger partial charge in [0.05, 0.1) is 17.5 Å². The molecule has 4 heteroatoms. The molecule has 6 atom stereocenters. The summed E-state index contributed by atoms with van der Waals surface area (Å²) in [5.41, 5.74) is 7.16. The van der Waals surface area contributed by atoms with Crippen molar-refractivity contribution in [2.45, 2.75) is 78.4 Å². The first-order chi connectivity index (χ1) is 16.9. The van der Waals surface area contributed by atoms with Crippen molar-refractivity contribution >= 4 is 5.57 Å². The summed E-state index contributed by atoms with van der Waals surface area (Å²) in [6.07, 6.45) is 15.1. The minimum absolute atomic E-state index is 0.130. The van der Waals surface area contributed by atoms with Crippen molar-refractivity contribution in [2.24, 2.45) is 28.6 Å². The first-order valence-electron chi connectivity index (χ1n) is 13.9. The molecule has 2 N–H and O–H groups in total. The predicted molar refractivity (Wildman–Crippen MR) is 142 cm³/mol. The molecule has 2 fully saturated rings. The zero-order chi connectivity index (χ0) is 24.2. The molecule has 4 nitrogen and oxygen atoms in total. The van der Waals surface area contributed by atoms with E-state index in [1.807, 2.05) is 0 Å². The minimum Gasteiger partial charge on any atom is -0.393 e. The van der Waals surface area contributed by atoms with E-state index in [2.05, 4.69) is 79.5 Å². The van der Waals surface area contributed by atoms with Crippen LogP contribution < -0.4 is 5.32 Å². The number of aromatic nitrogens is 2. The molecule has 35 heavy (non-hydrogen) atoms. The van der Waals surface area contributed by atoms with Crippen molar-refractivity contribution in [3.63, 3.8) is 0 Å². The van der Waals surface area contributed by atoms with Crippen LogP contribution in [0.4, 0.5) is 0 Å². The monoisotopic (exact) mass is 471 g/mol. The second-order valence-corrected chi connectivity index (χ2v) is 12.0. The number of allylic oxidation sites excluding steroid dienone is 3. The molecule has 6 rings (SSSR count). The van der Waals surface area contributed by atoms with Gasteiger partial charge in [0.2, 0.25) is 0 Å². The Hall–Kier alpha value is -2.17.